The minimum absolute atomic E-state index is 0.0839. The molecule has 0 unspecified atom stereocenters. The molecule has 0 atom stereocenters. The lowest BCUT2D eigenvalue weighted by Crippen LogP contribution is -2.03. The summed E-state index contributed by atoms with van der Waals surface area (Å²) in [5, 5.41) is 28.7. The molecule has 0 saturated heterocycles. The van der Waals surface area contributed by atoms with Gasteiger partial charge in [-0.25, -0.2) is 4.79 Å². The number of aromatic hydroxyl groups is 2. The number of phenols is 2. The molecule has 0 aliphatic rings. The summed E-state index contributed by atoms with van der Waals surface area (Å²) in [5.41, 5.74) is 0.433. The van der Waals surface area contributed by atoms with Gasteiger partial charge in [-0.2, -0.15) is 0 Å². The summed E-state index contributed by atoms with van der Waals surface area (Å²) < 4.78 is 0. The van der Waals surface area contributed by atoms with E-state index in [0.717, 1.165) is 19.3 Å². The van der Waals surface area contributed by atoms with Crippen molar-refractivity contribution in [3.8, 4) is 11.5 Å². The highest BCUT2D eigenvalue weighted by molar-refractivity contribution is 5.90. The topological polar surface area (TPSA) is 77.8 Å². The van der Waals surface area contributed by atoms with E-state index >= 15 is 0 Å². The second kappa shape index (κ2) is 15.2. The molecule has 0 heterocycles. The van der Waals surface area contributed by atoms with Crippen LogP contribution in [-0.2, 0) is 6.42 Å². The predicted molar refractivity (Wildman–Crippen MR) is 115 cm³/mol. The Morgan fingerprint density at radius 2 is 1.14 bits per heavy atom. The zero-order chi connectivity index (χ0) is 20.6. The average Bonchev–Trinajstić information content (AvgIpc) is 2.67. The summed E-state index contributed by atoms with van der Waals surface area (Å²) in [5.74, 6) is -1.60. The first kappa shape index (κ1) is 24.3. The zero-order valence-electron chi connectivity index (χ0n) is 17.7. The minimum Gasteiger partial charge on any atom is -0.504 e. The smallest absolute Gasteiger partial charge is 0.336 e. The highest BCUT2D eigenvalue weighted by Crippen LogP contribution is 2.32. The summed E-state index contributed by atoms with van der Waals surface area (Å²) in [7, 11) is 0. The number of rotatable bonds is 17. The molecular weight excluding hydrogens is 352 g/mol. The van der Waals surface area contributed by atoms with Gasteiger partial charge in [-0.05, 0) is 25.0 Å². The Morgan fingerprint density at radius 1 is 0.714 bits per heavy atom. The van der Waals surface area contributed by atoms with Crippen LogP contribution in [0, 0.1) is 0 Å². The maximum absolute atomic E-state index is 11.3. The van der Waals surface area contributed by atoms with Gasteiger partial charge >= 0.3 is 5.97 Å². The van der Waals surface area contributed by atoms with E-state index in [-0.39, 0.29) is 17.1 Å². The van der Waals surface area contributed by atoms with Gasteiger partial charge in [0.15, 0.2) is 11.5 Å². The van der Waals surface area contributed by atoms with Crippen LogP contribution < -0.4 is 0 Å². The van der Waals surface area contributed by atoms with Gasteiger partial charge in [0, 0.05) is 5.56 Å². The van der Waals surface area contributed by atoms with Crippen molar-refractivity contribution in [3.05, 3.63) is 23.3 Å². The van der Waals surface area contributed by atoms with Crippen molar-refractivity contribution in [1.29, 1.82) is 0 Å². The van der Waals surface area contributed by atoms with Crippen molar-refractivity contribution in [2.24, 2.45) is 0 Å². The summed E-state index contributed by atoms with van der Waals surface area (Å²) in [6.07, 6.45) is 19.7. The Morgan fingerprint density at radius 3 is 1.57 bits per heavy atom. The Labute approximate surface area is 171 Å². The van der Waals surface area contributed by atoms with Crippen LogP contribution in [0.5, 0.6) is 11.5 Å². The first-order valence-corrected chi connectivity index (χ1v) is 11.3. The lowest BCUT2D eigenvalue weighted by Gasteiger charge is -2.10. The maximum Gasteiger partial charge on any atom is 0.336 e. The number of hydrogen-bond donors (Lipinski definition) is 3. The average molecular weight is 393 g/mol. The molecule has 0 aliphatic carbocycles. The van der Waals surface area contributed by atoms with Crippen LogP contribution in [0.3, 0.4) is 0 Å². The Balaban J connectivity index is 2.02. The molecule has 0 radical (unpaired) electrons. The van der Waals surface area contributed by atoms with Gasteiger partial charge in [0.25, 0.3) is 0 Å². The van der Waals surface area contributed by atoms with Crippen LogP contribution in [0.15, 0.2) is 12.1 Å². The molecule has 4 nitrogen and oxygen atoms in total. The molecule has 160 valence electrons. The number of hydrogen-bond acceptors (Lipinski definition) is 3. The van der Waals surface area contributed by atoms with E-state index in [2.05, 4.69) is 6.92 Å². The molecule has 0 aliphatic heterocycles. The zero-order valence-corrected chi connectivity index (χ0v) is 17.7. The van der Waals surface area contributed by atoms with Crippen LogP contribution in [0.1, 0.15) is 119 Å². The maximum atomic E-state index is 11.3. The Bertz CT molecular complexity index is 554. The quantitative estimate of drug-likeness (QED) is 0.193. The van der Waals surface area contributed by atoms with E-state index in [1.54, 1.807) is 0 Å². The van der Waals surface area contributed by atoms with Crippen molar-refractivity contribution in [1.82, 2.24) is 0 Å². The van der Waals surface area contributed by atoms with E-state index in [9.17, 15) is 20.1 Å². The summed E-state index contributed by atoms with van der Waals surface area (Å²) in [6.45, 7) is 2.26. The number of benzene rings is 1. The van der Waals surface area contributed by atoms with E-state index in [0.29, 0.717) is 12.0 Å². The third-order valence-corrected chi connectivity index (χ3v) is 5.52. The van der Waals surface area contributed by atoms with Crippen molar-refractivity contribution < 1.29 is 20.1 Å². The number of unbranched alkanes of at least 4 members (excludes halogenated alkanes) is 14. The monoisotopic (exact) mass is 392 g/mol. The predicted octanol–water partition coefficient (Wildman–Crippen LogP) is 7.21. The molecule has 1 aromatic carbocycles. The lowest BCUT2D eigenvalue weighted by atomic mass is 9.98. The van der Waals surface area contributed by atoms with Crippen molar-refractivity contribution in [2.75, 3.05) is 0 Å². The first-order valence-electron chi connectivity index (χ1n) is 11.3. The number of carboxylic acids is 1. The van der Waals surface area contributed by atoms with Crippen LogP contribution in [0.4, 0.5) is 0 Å². The van der Waals surface area contributed by atoms with Gasteiger partial charge in [-0.3, -0.25) is 0 Å². The fraction of sp³-hybridized carbons (Fsp3) is 0.708. The lowest BCUT2D eigenvalue weighted by molar-refractivity contribution is 0.0695. The second-order valence-electron chi connectivity index (χ2n) is 7.96. The van der Waals surface area contributed by atoms with Crippen LogP contribution in [-0.4, -0.2) is 21.3 Å². The summed E-state index contributed by atoms with van der Waals surface area (Å²) in [4.78, 5) is 11.3. The van der Waals surface area contributed by atoms with Crippen LogP contribution >= 0.6 is 0 Å². The normalized spacial score (nSPS) is 11.0. The molecule has 1 aromatic rings. The first-order chi connectivity index (χ1) is 13.6. The van der Waals surface area contributed by atoms with Gasteiger partial charge in [-0.15, -0.1) is 0 Å². The van der Waals surface area contributed by atoms with Crippen LogP contribution in [0.25, 0.3) is 0 Å². The highest BCUT2D eigenvalue weighted by atomic mass is 16.4. The molecule has 28 heavy (non-hydrogen) atoms. The van der Waals surface area contributed by atoms with Crippen molar-refractivity contribution >= 4 is 5.97 Å². The molecule has 1 rings (SSSR count). The van der Waals surface area contributed by atoms with Gasteiger partial charge in [0.1, 0.15) is 0 Å². The van der Waals surface area contributed by atoms with Gasteiger partial charge in [-0.1, -0.05) is 96.8 Å². The van der Waals surface area contributed by atoms with E-state index in [4.69, 9.17) is 0 Å². The van der Waals surface area contributed by atoms with Crippen LogP contribution in [0.2, 0.25) is 0 Å². The highest BCUT2D eigenvalue weighted by Gasteiger charge is 2.16. The van der Waals surface area contributed by atoms with Gasteiger partial charge in [0.05, 0.1) is 5.56 Å². The third kappa shape index (κ3) is 10.0. The number of aromatic carboxylic acids is 1. The standard InChI is InChI=1S/C24H40O4/c1-2-3-4-5-6-7-8-9-10-11-12-13-14-15-16-17-20-21(24(27)28)18-19-22(25)23(20)26/h18-19,25-26H,2-17H2,1H3,(H,27,28). The molecular formula is C24H40O4. The molecule has 0 aromatic heterocycles. The molecule has 0 amide bonds. The van der Waals surface area contributed by atoms with E-state index in [1.807, 2.05) is 0 Å². The third-order valence-electron chi connectivity index (χ3n) is 5.52. The Hall–Kier alpha value is -1.71. The SMILES string of the molecule is CCCCCCCCCCCCCCCCCc1c(C(=O)O)ccc(O)c1O. The van der Waals surface area contributed by atoms with Gasteiger partial charge < -0.3 is 15.3 Å². The van der Waals surface area contributed by atoms with Crippen molar-refractivity contribution in [2.45, 2.75) is 110 Å². The molecule has 0 spiro atoms. The number of phenolic OH excluding ortho intramolecular Hbond substituents is 2. The fourth-order valence-corrected chi connectivity index (χ4v) is 3.75. The molecule has 0 fully saturated rings. The molecule has 0 saturated carbocycles. The minimum atomic E-state index is -1.06. The fourth-order valence-electron chi connectivity index (χ4n) is 3.75. The molecule has 0 bridgehead atoms. The molecule has 3 N–H and O–H groups in total. The van der Waals surface area contributed by atoms with Gasteiger partial charge in [0.2, 0.25) is 0 Å². The number of carboxylic acid groups (broad SMARTS) is 1. The van der Waals surface area contributed by atoms with E-state index in [1.165, 1.54) is 89.2 Å². The molecule has 4 heteroatoms. The van der Waals surface area contributed by atoms with Crippen molar-refractivity contribution in [3.63, 3.8) is 0 Å². The van der Waals surface area contributed by atoms with E-state index < -0.39 is 5.97 Å². The Kier molecular flexibility index (Phi) is 13.2. The summed E-state index contributed by atoms with van der Waals surface area (Å²) >= 11 is 0. The number of carbonyl (C=O) groups is 1. The summed E-state index contributed by atoms with van der Waals surface area (Å²) in [6, 6.07) is 2.59. The second-order valence-corrected chi connectivity index (χ2v) is 7.96. The largest absolute Gasteiger partial charge is 0.504 e.